The normalized spacial score (nSPS) is 13.8. The van der Waals surface area contributed by atoms with E-state index in [1.807, 2.05) is 18.2 Å². The van der Waals surface area contributed by atoms with Crippen LogP contribution in [0.5, 0.6) is 17.2 Å². The summed E-state index contributed by atoms with van der Waals surface area (Å²) in [6.45, 7) is 4.37. The molecule has 0 amide bonds. The molecule has 0 radical (unpaired) electrons. The van der Waals surface area contributed by atoms with Gasteiger partial charge in [0.1, 0.15) is 5.75 Å². The molecule has 3 heteroatoms. The van der Waals surface area contributed by atoms with Crippen LogP contribution in [0.4, 0.5) is 0 Å². The highest BCUT2D eigenvalue weighted by atomic mass is 16.3. The van der Waals surface area contributed by atoms with Gasteiger partial charge in [0, 0.05) is 0 Å². The van der Waals surface area contributed by atoms with Gasteiger partial charge in [0.05, 0.1) is 0 Å². The molecule has 0 aliphatic heterocycles. The summed E-state index contributed by atoms with van der Waals surface area (Å²) < 4.78 is 0. The van der Waals surface area contributed by atoms with Crippen LogP contribution in [-0.2, 0) is 12.8 Å². The Morgan fingerprint density at radius 1 is 0.762 bits per heavy atom. The van der Waals surface area contributed by atoms with Gasteiger partial charge in [0.15, 0.2) is 11.5 Å². The maximum atomic E-state index is 9.54. The van der Waals surface area contributed by atoms with Gasteiger partial charge < -0.3 is 15.3 Å². The van der Waals surface area contributed by atoms with Crippen molar-refractivity contribution in [1.82, 2.24) is 0 Å². The van der Waals surface area contributed by atoms with Gasteiger partial charge in [0.25, 0.3) is 0 Å². The largest absolute Gasteiger partial charge is 0.508 e. The minimum Gasteiger partial charge on any atom is -0.508 e. The predicted octanol–water partition coefficient (Wildman–Crippen LogP) is 3.86. The molecule has 2 aromatic carbocycles. The molecule has 2 atom stereocenters. The summed E-state index contributed by atoms with van der Waals surface area (Å²) in [4.78, 5) is 0. The number of rotatable bonds is 5. The number of hydrogen-bond donors (Lipinski definition) is 3. The van der Waals surface area contributed by atoms with Crippen LogP contribution in [0.2, 0.25) is 0 Å². The molecular weight excluding hydrogens is 264 g/mol. The molecule has 0 aromatic heterocycles. The molecule has 0 spiro atoms. The Morgan fingerprint density at radius 3 is 1.95 bits per heavy atom. The topological polar surface area (TPSA) is 60.7 Å². The van der Waals surface area contributed by atoms with Gasteiger partial charge in [-0.1, -0.05) is 32.0 Å². The van der Waals surface area contributed by atoms with Gasteiger partial charge in [-0.15, -0.1) is 0 Å². The molecule has 112 valence electrons. The minimum absolute atomic E-state index is 0.0691. The molecule has 0 aliphatic rings. The zero-order chi connectivity index (χ0) is 15.4. The Morgan fingerprint density at radius 2 is 1.38 bits per heavy atom. The van der Waals surface area contributed by atoms with E-state index in [0.717, 1.165) is 24.0 Å². The quantitative estimate of drug-likeness (QED) is 0.731. The van der Waals surface area contributed by atoms with Crippen LogP contribution in [0.25, 0.3) is 0 Å². The van der Waals surface area contributed by atoms with Crippen LogP contribution in [0.1, 0.15) is 25.0 Å². The monoisotopic (exact) mass is 286 g/mol. The predicted molar refractivity (Wildman–Crippen MR) is 83.6 cm³/mol. The Hall–Kier alpha value is -2.16. The summed E-state index contributed by atoms with van der Waals surface area (Å²) in [7, 11) is 0. The summed E-state index contributed by atoms with van der Waals surface area (Å²) >= 11 is 0. The number of hydrogen-bond acceptors (Lipinski definition) is 3. The third-order valence-corrected chi connectivity index (χ3v) is 4.04. The molecule has 0 heterocycles. The number of aromatic hydroxyl groups is 3. The van der Waals surface area contributed by atoms with Crippen molar-refractivity contribution in [1.29, 1.82) is 0 Å². The van der Waals surface area contributed by atoms with E-state index < -0.39 is 0 Å². The second-order valence-corrected chi connectivity index (χ2v) is 5.86. The van der Waals surface area contributed by atoms with Crippen molar-refractivity contribution in [3.8, 4) is 17.2 Å². The van der Waals surface area contributed by atoms with Gasteiger partial charge in [-0.3, -0.25) is 0 Å². The van der Waals surface area contributed by atoms with E-state index in [0.29, 0.717) is 17.6 Å². The molecular formula is C18H22O3. The zero-order valence-corrected chi connectivity index (χ0v) is 12.5. The van der Waals surface area contributed by atoms with E-state index in [1.165, 1.54) is 6.07 Å². The lowest BCUT2D eigenvalue weighted by atomic mass is 9.85. The fourth-order valence-corrected chi connectivity index (χ4v) is 2.53. The van der Waals surface area contributed by atoms with Gasteiger partial charge in [-0.2, -0.15) is 0 Å². The molecule has 0 saturated carbocycles. The lowest BCUT2D eigenvalue weighted by molar-refractivity contribution is 0.379. The maximum absolute atomic E-state index is 9.54. The van der Waals surface area contributed by atoms with Crippen molar-refractivity contribution in [2.45, 2.75) is 26.7 Å². The molecule has 0 saturated heterocycles. The fourth-order valence-electron chi connectivity index (χ4n) is 2.53. The standard InChI is InChI=1S/C18H22O3/c1-12(8-14-4-3-5-16(19)10-14)13(2)9-15-6-7-17(20)18(21)11-15/h3-7,10-13,19-21H,8-9H2,1-2H3. The Kier molecular flexibility index (Phi) is 4.73. The lowest BCUT2D eigenvalue weighted by Gasteiger charge is -2.20. The smallest absolute Gasteiger partial charge is 0.157 e. The van der Waals surface area contributed by atoms with Crippen molar-refractivity contribution in [3.63, 3.8) is 0 Å². The second kappa shape index (κ2) is 6.53. The van der Waals surface area contributed by atoms with E-state index >= 15 is 0 Å². The Balaban J connectivity index is 1.98. The van der Waals surface area contributed by atoms with Gasteiger partial charge in [-0.25, -0.2) is 0 Å². The molecule has 2 rings (SSSR count). The minimum atomic E-state index is -0.0841. The molecule has 2 unspecified atom stereocenters. The maximum Gasteiger partial charge on any atom is 0.157 e. The summed E-state index contributed by atoms with van der Waals surface area (Å²) in [5, 5.41) is 28.4. The van der Waals surface area contributed by atoms with Crippen molar-refractivity contribution in [2.75, 3.05) is 0 Å². The van der Waals surface area contributed by atoms with E-state index in [1.54, 1.807) is 18.2 Å². The molecule has 3 nitrogen and oxygen atoms in total. The molecule has 0 fully saturated rings. The summed E-state index contributed by atoms with van der Waals surface area (Å²) in [5.74, 6) is 1.02. The van der Waals surface area contributed by atoms with Crippen LogP contribution < -0.4 is 0 Å². The highest BCUT2D eigenvalue weighted by Gasteiger charge is 2.14. The first-order valence-corrected chi connectivity index (χ1v) is 7.24. The van der Waals surface area contributed by atoms with Crippen molar-refractivity contribution < 1.29 is 15.3 Å². The van der Waals surface area contributed by atoms with Crippen LogP contribution in [0.3, 0.4) is 0 Å². The average molecular weight is 286 g/mol. The average Bonchev–Trinajstić information content (AvgIpc) is 2.43. The van der Waals surface area contributed by atoms with E-state index in [-0.39, 0.29) is 11.5 Å². The summed E-state index contributed by atoms with van der Waals surface area (Å²) in [6, 6.07) is 12.3. The molecule has 0 bridgehead atoms. The van der Waals surface area contributed by atoms with E-state index in [4.69, 9.17) is 0 Å². The Bertz CT molecular complexity index is 607. The number of phenols is 3. The van der Waals surface area contributed by atoms with Crippen LogP contribution in [-0.4, -0.2) is 15.3 Å². The third-order valence-electron chi connectivity index (χ3n) is 4.04. The first-order chi connectivity index (χ1) is 9.95. The fraction of sp³-hybridized carbons (Fsp3) is 0.333. The van der Waals surface area contributed by atoms with Gasteiger partial charge in [0.2, 0.25) is 0 Å². The summed E-state index contributed by atoms with van der Waals surface area (Å²) in [6.07, 6.45) is 1.74. The lowest BCUT2D eigenvalue weighted by Crippen LogP contribution is -2.13. The van der Waals surface area contributed by atoms with Gasteiger partial charge in [-0.05, 0) is 60.1 Å². The van der Waals surface area contributed by atoms with Crippen molar-refractivity contribution >= 4 is 0 Å². The number of benzene rings is 2. The highest BCUT2D eigenvalue weighted by Crippen LogP contribution is 2.28. The first kappa shape index (κ1) is 15.2. The molecule has 3 N–H and O–H groups in total. The van der Waals surface area contributed by atoms with Crippen LogP contribution >= 0.6 is 0 Å². The highest BCUT2D eigenvalue weighted by molar-refractivity contribution is 5.40. The summed E-state index contributed by atoms with van der Waals surface area (Å²) in [5.41, 5.74) is 2.14. The van der Waals surface area contributed by atoms with E-state index in [9.17, 15) is 15.3 Å². The van der Waals surface area contributed by atoms with Crippen LogP contribution in [0, 0.1) is 11.8 Å². The molecule has 0 aliphatic carbocycles. The van der Waals surface area contributed by atoms with Gasteiger partial charge >= 0.3 is 0 Å². The molecule has 21 heavy (non-hydrogen) atoms. The second-order valence-electron chi connectivity index (χ2n) is 5.86. The third kappa shape index (κ3) is 4.15. The first-order valence-electron chi connectivity index (χ1n) is 7.24. The van der Waals surface area contributed by atoms with Crippen molar-refractivity contribution in [2.24, 2.45) is 11.8 Å². The SMILES string of the molecule is CC(Cc1cccc(O)c1)C(C)Cc1ccc(O)c(O)c1. The number of phenolic OH excluding ortho intramolecular Hbond substituents is 3. The van der Waals surface area contributed by atoms with Crippen molar-refractivity contribution in [3.05, 3.63) is 53.6 Å². The Labute approximate surface area is 125 Å². The molecule has 2 aromatic rings. The zero-order valence-electron chi connectivity index (χ0n) is 12.5. The van der Waals surface area contributed by atoms with Crippen LogP contribution in [0.15, 0.2) is 42.5 Å². The van der Waals surface area contributed by atoms with E-state index in [2.05, 4.69) is 13.8 Å².